The van der Waals surface area contributed by atoms with Crippen molar-refractivity contribution in [2.24, 2.45) is 0 Å². The van der Waals surface area contributed by atoms with E-state index in [-0.39, 0.29) is 0 Å². The van der Waals surface area contributed by atoms with E-state index in [1.807, 2.05) is 30.3 Å². The molecule has 100 valence electrons. The van der Waals surface area contributed by atoms with Crippen LogP contribution in [-0.2, 0) is 5.75 Å². The second-order valence-corrected chi connectivity index (χ2v) is 6.33. The second-order valence-electron chi connectivity index (χ2n) is 4.15. The number of thioether (sulfide) groups is 1. The lowest BCUT2D eigenvalue weighted by molar-refractivity contribution is 0.466. The van der Waals surface area contributed by atoms with Gasteiger partial charge in [-0.15, -0.1) is 10.2 Å². The molecule has 0 unspecified atom stereocenters. The highest BCUT2D eigenvalue weighted by Gasteiger charge is 2.08. The minimum absolute atomic E-state index is 0.565. The van der Waals surface area contributed by atoms with Crippen molar-refractivity contribution in [2.75, 3.05) is 0 Å². The molecule has 0 aliphatic rings. The monoisotopic (exact) mass is 394 g/mol. The average molecular weight is 394 g/mol. The Labute approximate surface area is 134 Å². The Kier molecular flexibility index (Phi) is 4.37. The minimum Gasteiger partial charge on any atom is -0.411 e. The van der Waals surface area contributed by atoms with Gasteiger partial charge in [0.15, 0.2) is 0 Å². The third kappa shape index (κ3) is 3.40. The Morgan fingerprint density at radius 2 is 1.70 bits per heavy atom. The summed E-state index contributed by atoms with van der Waals surface area (Å²) in [5.41, 5.74) is 2.19. The Bertz CT molecular complexity index is 683. The summed E-state index contributed by atoms with van der Waals surface area (Å²) >= 11 is 3.85. The van der Waals surface area contributed by atoms with Crippen molar-refractivity contribution < 1.29 is 4.42 Å². The van der Waals surface area contributed by atoms with Gasteiger partial charge in [-0.3, -0.25) is 0 Å². The maximum absolute atomic E-state index is 5.65. The number of nitrogens with zero attached hydrogens (tertiary/aromatic N) is 2. The molecule has 0 spiro atoms. The van der Waals surface area contributed by atoms with Gasteiger partial charge in [0.1, 0.15) is 0 Å². The van der Waals surface area contributed by atoms with Crippen LogP contribution in [-0.4, -0.2) is 10.2 Å². The molecule has 1 aromatic heterocycles. The van der Waals surface area contributed by atoms with E-state index >= 15 is 0 Å². The van der Waals surface area contributed by atoms with E-state index in [1.165, 1.54) is 9.13 Å². The highest BCUT2D eigenvalue weighted by atomic mass is 127. The van der Waals surface area contributed by atoms with Gasteiger partial charge in [0.05, 0.1) is 0 Å². The molecule has 3 nitrogen and oxygen atoms in total. The lowest BCUT2D eigenvalue weighted by Crippen LogP contribution is -1.81. The first-order valence-electron chi connectivity index (χ1n) is 6.07. The molecule has 5 heteroatoms. The third-order valence-corrected chi connectivity index (χ3v) is 4.31. The predicted octanol–water partition coefficient (Wildman–Crippen LogP) is 4.63. The fraction of sp³-hybridized carbons (Fsp3) is 0.0667. The number of halogens is 1. The van der Waals surface area contributed by atoms with Crippen LogP contribution in [0.2, 0.25) is 0 Å². The van der Waals surface area contributed by atoms with E-state index in [2.05, 4.69) is 57.1 Å². The Hall–Kier alpha value is -1.34. The fourth-order valence-corrected chi connectivity index (χ4v) is 2.77. The first-order valence-corrected chi connectivity index (χ1v) is 8.14. The lowest BCUT2D eigenvalue weighted by Gasteiger charge is -1.98. The maximum Gasteiger partial charge on any atom is 0.277 e. The van der Waals surface area contributed by atoms with Crippen LogP contribution < -0.4 is 0 Å². The van der Waals surface area contributed by atoms with E-state index in [9.17, 15) is 0 Å². The quantitative estimate of drug-likeness (QED) is 0.478. The molecule has 0 radical (unpaired) electrons. The molecule has 3 aromatic rings. The number of aromatic nitrogens is 2. The van der Waals surface area contributed by atoms with Gasteiger partial charge in [-0.1, -0.05) is 42.1 Å². The van der Waals surface area contributed by atoms with E-state index < -0.39 is 0 Å². The van der Waals surface area contributed by atoms with E-state index in [0.717, 1.165) is 11.3 Å². The van der Waals surface area contributed by atoms with Gasteiger partial charge < -0.3 is 4.42 Å². The molecule has 0 N–H and O–H groups in total. The van der Waals surface area contributed by atoms with Gasteiger partial charge in [0.25, 0.3) is 5.22 Å². The van der Waals surface area contributed by atoms with Crippen LogP contribution in [0.3, 0.4) is 0 Å². The summed E-state index contributed by atoms with van der Waals surface area (Å²) in [5.74, 6) is 1.39. The SMILES string of the molecule is Ic1ccc(CSc2nnc(-c3ccccc3)o2)cc1. The van der Waals surface area contributed by atoms with Gasteiger partial charge in [-0.25, -0.2) is 0 Å². The number of rotatable bonds is 4. The molecule has 20 heavy (non-hydrogen) atoms. The molecule has 1 heterocycles. The van der Waals surface area contributed by atoms with Gasteiger partial charge in [0.2, 0.25) is 5.89 Å². The van der Waals surface area contributed by atoms with E-state index in [0.29, 0.717) is 11.1 Å². The molecule has 0 fully saturated rings. The van der Waals surface area contributed by atoms with Gasteiger partial charge in [0, 0.05) is 14.9 Å². The molecule has 0 amide bonds. The Morgan fingerprint density at radius 3 is 2.45 bits per heavy atom. The van der Waals surface area contributed by atoms with Crippen molar-refractivity contribution in [3.63, 3.8) is 0 Å². The van der Waals surface area contributed by atoms with E-state index in [1.54, 1.807) is 11.8 Å². The molecule has 0 saturated carbocycles. The molecule has 2 aromatic carbocycles. The first kappa shape index (κ1) is 13.6. The van der Waals surface area contributed by atoms with Crippen LogP contribution in [0, 0.1) is 3.57 Å². The summed E-state index contributed by atoms with van der Waals surface area (Å²) in [6, 6.07) is 18.2. The highest BCUT2D eigenvalue weighted by molar-refractivity contribution is 14.1. The molecule has 0 aliphatic heterocycles. The zero-order valence-electron chi connectivity index (χ0n) is 10.5. The smallest absolute Gasteiger partial charge is 0.277 e. The van der Waals surface area contributed by atoms with Crippen LogP contribution >= 0.6 is 34.4 Å². The van der Waals surface area contributed by atoms with Crippen LogP contribution in [0.15, 0.2) is 64.2 Å². The van der Waals surface area contributed by atoms with Crippen molar-refractivity contribution in [2.45, 2.75) is 11.0 Å². The van der Waals surface area contributed by atoms with E-state index in [4.69, 9.17) is 4.42 Å². The van der Waals surface area contributed by atoms with Crippen LogP contribution in [0.1, 0.15) is 5.56 Å². The standard InChI is InChI=1S/C15H11IN2OS/c16-13-8-6-11(7-9-13)10-20-15-18-17-14(19-15)12-4-2-1-3-5-12/h1-9H,10H2. The largest absolute Gasteiger partial charge is 0.411 e. The molecular formula is C15H11IN2OS. The van der Waals surface area contributed by atoms with Crippen LogP contribution in [0.5, 0.6) is 0 Å². The minimum atomic E-state index is 0.565. The molecule has 0 atom stereocenters. The predicted molar refractivity (Wildman–Crippen MR) is 88.5 cm³/mol. The Morgan fingerprint density at radius 1 is 0.950 bits per heavy atom. The van der Waals surface area contributed by atoms with Gasteiger partial charge in [-0.05, 0) is 52.4 Å². The van der Waals surface area contributed by atoms with Crippen molar-refractivity contribution in [1.82, 2.24) is 10.2 Å². The second kappa shape index (κ2) is 6.41. The number of hydrogen-bond acceptors (Lipinski definition) is 4. The maximum atomic E-state index is 5.65. The zero-order valence-corrected chi connectivity index (χ0v) is 13.5. The fourth-order valence-electron chi connectivity index (χ4n) is 1.69. The lowest BCUT2D eigenvalue weighted by atomic mass is 10.2. The average Bonchev–Trinajstić information content (AvgIpc) is 2.97. The summed E-state index contributed by atoms with van der Waals surface area (Å²) < 4.78 is 6.89. The summed E-state index contributed by atoms with van der Waals surface area (Å²) in [4.78, 5) is 0. The van der Waals surface area contributed by atoms with Crippen LogP contribution in [0.4, 0.5) is 0 Å². The Balaban J connectivity index is 1.67. The van der Waals surface area contributed by atoms with Gasteiger partial charge in [-0.2, -0.15) is 0 Å². The molecular weight excluding hydrogens is 383 g/mol. The summed E-state index contributed by atoms with van der Waals surface area (Å²) in [7, 11) is 0. The molecule has 0 aliphatic carbocycles. The molecule has 3 rings (SSSR count). The van der Waals surface area contributed by atoms with Gasteiger partial charge >= 0.3 is 0 Å². The zero-order chi connectivity index (χ0) is 13.8. The van der Waals surface area contributed by atoms with Crippen molar-refractivity contribution in [1.29, 1.82) is 0 Å². The van der Waals surface area contributed by atoms with Crippen molar-refractivity contribution in [3.8, 4) is 11.5 Å². The number of benzene rings is 2. The van der Waals surface area contributed by atoms with Crippen LogP contribution in [0.25, 0.3) is 11.5 Å². The third-order valence-electron chi connectivity index (χ3n) is 2.70. The van der Waals surface area contributed by atoms with Crippen molar-refractivity contribution >= 4 is 34.4 Å². The molecule has 0 bridgehead atoms. The van der Waals surface area contributed by atoms with Crippen molar-refractivity contribution in [3.05, 3.63) is 63.7 Å². The number of hydrogen-bond donors (Lipinski definition) is 0. The topological polar surface area (TPSA) is 38.9 Å². The molecule has 0 saturated heterocycles. The summed E-state index contributed by atoms with van der Waals surface area (Å²) in [6.45, 7) is 0. The highest BCUT2D eigenvalue weighted by Crippen LogP contribution is 2.25. The first-order chi connectivity index (χ1) is 9.81. The normalized spacial score (nSPS) is 10.7. The summed E-state index contributed by atoms with van der Waals surface area (Å²) in [5, 5.41) is 8.74. The summed E-state index contributed by atoms with van der Waals surface area (Å²) in [6.07, 6.45) is 0.